The van der Waals surface area contributed by atoms with Gasteiger partial charge in [-0.3, -0.25) is 0 Å². The highest BCUT2D eigenvalue weighted by molar-refractivity contribution is 6.53. The average Bonchev–Trinajstić information content (AvgIpc) is 2.07. The first-order valence-electron chi connectivity index (χ1n) is 4.48. The highest BCUT2D eigenvalue weighted by atomic mass is 16.6. The fourth-order valence-electron chi connectivity index (χ4n) is 1.10. The molecule has 0 radical (unpaired) electrons. The Labute approximate surface area is 76.1 Å². The first-order chi connectivity index (χ1) is 5.76. The first-order valence-corrected chi connectivity index (χ1v) is 4.48. The number of rotatable bonds is 6. The maximum Gasteiger partial charge on any atom is 0.488 e. The Balaban J connectivity index is 3.79. The van der Waals surface area contributed by atoms with Crippen molar-refractivity contribution in [3.05, 3.63) is 11.5 Å². The zero-order valence-electron chi connectivity index (χ0n) is 8.59. The number of hydrogen-bond acceptors (Lipinski definition) is 2. The van der Waals surface area contributed by atoms with Gasteiger partial charge in [0.15, 0.2) is 0 Å². The third-order valence-corrected chi connectivity index (χ3v) is 1.82. The van der Waals surface area contributed by atoms with E-state index >= 15 is 0 Å². The number of hydrogen-bond donors (Lipinski definition) is 0. The SMILES string of the molecule is CCCC/C=C(/C)B(OC)OC. The largest absolute Gasteiger partial charge is 0.488 e. The zero-order valence-corrected chi connectivity index (χ0v) is 8.59. The van der Waals surface area contributed by atoms with E-state index in [-0.39, 0.29) is 7.12 Å². The topological polar surface area (TPSA) is 18.5 Å². The minimum atomic E-state index is -0.165. The van der Waals surface area contributed by atoms with Crippen LogP contribution in [0.3, 0.4) is 0 Å². The Morgan fingerprint density at radius 2 is 1.92 bits per heavy atom. The molecular weight excluding hydrogens is 151 g/mol. The van der Waals surface area contributed by atoms with Crippen LogP contribution in [0.1, 0.15) is 33.1 Å². The third-order valence-electron chi connectivity index (χ3n) is 1.82. The van der Waals surface area contributed by atoms with Gasteiger partial charge >= 0.3 is 7.12 Å². The minimum absolute atomic E-state index is 0.165. The van der Waals surface area contributed by atoms with Crippen molar-refractivity contribution in [1.29, 1.82) is 0 Å². The molecule has 70 valence electrons. The van der Waals surface area contributed by atoms with Gasteiger partial charge in [-0.25, -0.2) is 0 Å². The monoisotopic (exact) mass is 170 g/mol. The molecule has 0 fully saturated rings. The lowest BCUT2D eigenvalue weighted by Crippen LogP contribution is -2.20. The molecule has 0 aliphatic heterocycles. The molecule has 0 saturated carbocycles. The Bertz CT molecular complexity index is 130. The van der Waals surface area contributed by atoms with E-state index in [1.54, 1.807) is 14.2 Å². The minimum Gasteiger partial charge on any atom is -0.410 e. The van der Waals surface area contributed by atoms with Crippen molar-refractivity contribution in [3.8, 4) is 0 Å². The van der Waals surface area contributed by atoms with Crippen molar-refractivity contribution in [2.75, 3.05) is 14.2 Å². The van der Waals surface area contributed by atoms with Gasteiger partial charge in [-0.15, -0.1) is 0 Å². The molecule has 2 nitrogen and oxygen atoms in total. The van der Waals surface area contributed by atoms with Gasteiger partial charge in [-0.05, 0) is 18.8 Å². The number of unbranched alkanes of at least 4 members (excludes halogenated alkanes) is 2. The van der Waals surface area contributed by atoms with Crippen LogP contribution in [0.25, 0.3) is 0 Å². The molecular formula is C9H19BO2. The van der Waals surface area contributed by atoms with Crippen molar-refractivity contribution < 1.29 is 9.31 Å². The van der Waals surface area contributed by atoms with Crippen molar-refractivity contribution in [3.63, 3.8) is 0 Å². The van der Waals surface area contributed by atoms with Crippen LogP contribution >= 0.6 is 0 Å². The van der Waals surface area contributed by atoms with Gasteiger partial charge in [0.1, 0.15) is 0 Å². The van der Waals surface area contributed by atoms with Crippen LogP contribution in [0.2, 0.25) is 0 Å². The van der Waals surface area contributed by atoms with Crippen LogP contribution in [-0.4, -0.2) is 21.3 Å². The Morgan fingerprint density at radius 3 is 2.33 bits per heavy atom. The molecule has 0 saturated heterocycles. The average molecular weight is 170 g/mol. The highest BCUT2D eigenvalue weighted by Gasteiger charge is 2.15. The van der Waals surface area contributed by atoms with Crippen LogP contribution in [-0.2, 0) is 9.31 Å². The summed E-state index contributed by atoms with van der Waals surface area (Å²) in [4.78, 5) is 0. The smallest absolute Gasteiger partial charge is 0.410 e. The van der Waals surface area contributed by atoms with E-state index in [0.717, 1.165) is 11.9 Å². The summed E-state index contributed by atoms with van der Waals surface area (Å²) in [6.07, 6.45) is 5.76. The van der Waals surface area contributed by atoms with E-state index in [0.29, 0.717) is 0 Å². The molecule has 0 atom stereocenters. The lowest BCUT2D eigenvalue weighted by atomic mass is 9.78. The second-order valence-electron chi connectivity index (χ2n) is 2.89. The quantitative estimate of drug-likeness (QED) is 0.450. The molecule has 0 N–H and O–H groups in total. The molecule has 0 aromatic carbocycles. The standard InChI is InChI=1S/C9H19BO2/c1-5-6-7-8-9(2)10(11-3)12-4/h8H,5-7H2,1-4H3/b9-8-. The molecule has 0 spiro atoms. The van der Waals surface area contributed by atoms with Gasteiger partial charge in [-0.2, -0.15) is 0 Å². The van der Waals surface area contributed by atoms with E-state index in [1.165, 1.54) is 12.8 Å². The van der Waals surface area contributed by atoms with E-state index < -0.39 is 0 Å². The van der Waals surface area contributed by atoms with Crippen molar-refractivity contribution >= 4 is 7.12 Å². The van der Waals surface area contributed by atoms with Gasteiger partial charge in [0.05, 0.1) is 0 Å². The van der Waals surface area contributed by atoms with Crippen LogP contribution in [0.15, 0.2) is 11.5 Å². The van der Waals surface area contributed by atoms with E-state index in [1.807, 2.05) is 6.92 Å². The second kappa shape index (κ2) is 7.38. The van der Waals surface area contributed by atoms with Gasteiger partial charge < -0.3 is 9.31 Å². The van der Waals surface area contributed by atoms with Crippen molar-refractivity contribution in [2.45, 2.75) is 33.1 Å². The second-order valence-corrected chi connectivity index (χ2v) is 2.89. The molecule has 0 aliphatic rings. The van der Waals surface area contributed by atoms with Gasteiger partial charge in [0.2, 0.25) is 0 Å². The molecule has 0 aromatic rings. The van der Waals surface area contributed by atoms with Gasteiger partial charge in [0, 0.05) is 14.2 Å². The normalized spacial score (nSPS) is 11.8. The molecule has 0 aliphatic carbocycles. The lowest BCUT2D eigenvalue weighted by Gasteiger charge is -2.08. The fraction of sp³-hybridized carbons (Fsp3) is 0.778. The summed E-state index contributed by atoms with van der Waals surface area (Å²) >= 11 is 0. The predicted molar refractivity (Wildman–Crippen MR) is 53.1 cm³/mol. The van der Waals surface area contributed by atoms with Gasteiger partial charge in [-0.1, -0.05) is 25.8 Å². The fourth-order valence-corrected chi connectivity index (χ4v) is 1.10. The highest BCUT2D eigenvalue weighted by Crippen LogP contribution is 2.05. The lowest BCUT2D eigenvalue weighted by molar-refractivity contribution is 0.287. The maximum absolute atomic E-state index is 5.10. The summed E-state index contributed by atoms with van der Waals surface area (Å²) in [6, 6.07) is 0. The third kappa shape index (κ3) is 4.57. The molecule has 3 heteroatoms. The van der Waals surface area contributed by atoms with Crippen molar-refractivity contribution in [2.24, 2.45) is 0 Å². The Hall–Kier alpha value is -0.275. The molecule has 0 aromatic heterocycles. The molecule has 0 unspecified atom stereocenters. The molecule has 0 rings (SSSR count). The molecule has 12 heavy (non-hydrogen) atoms. The molecule has 0 heterocycles. The Morgan fingerprint density at radius 1 is 1.33 bits per heavy atom. The summed E-state index contributed by atoms with van der Waals surface area (Å²) in [6.45, 7) is 4.22. The number of allylic oxidation sites excluding steroid dienone is 2. The van der Waals surface area contributed by atoms with Crippen LogP contribution < -0.4 is 0 Å². The Kier molecular flexibility index (Phi) is 7.21. The van der Waals surface area contributed by atoms with E-state index in [2.05, 4.69) is 13.0 Å². The summed E-state index contributed by atoms with van der Waals surface area (Å²) in [7, 11) is 3.15. The van der Waals surface area contributed by atoms with Crippen molar-refractivity contribution in [1.82, 2.24) is 0 Å². The maximum atomic E-state index is 5.10. The van der Waals surface area contributed by atoms with Crippen LogP contribution in [0.4, 0.5) is 0 Å². The first kappa shape index (κ1) is 11.7. The van der Waals surface area contributed by atoms with Crippen LogP contribution in [0.5, 0.6) is 0 Å². The summed E-state index contributed by atoms with van der Waals surface area (Å²) in [5.74, 6) is 0. The van der Waals surface area contributed by atoms with Crippen LogP contribution in [0, 0.1) is 0 Å². The molecule has 0 amide bonds. The zero-order chi connectivity index (χ0) is 9.40. The van der Waals surface area contributed by atoms with Gasteiger partial charge in [0.25, 0.3) is 0 Å². The molecule has 0 bridgehead atoms. The summed E-state index contributed by atoms with van der Waals surface area (Å²) in [5.41, 5.74) is 1.16. The van der Waals surface area contributed by atoms with E-state index in [9.17, 15) is 0 Å². The summed E-state index contributed by atoms with van der Waals surface area (Å²) < 4.78 is 10.2. The van der Waals surface area contributed by atoms with E-state index in [4.69, 9.17) is 9.31 Å². The summed E-state index contributed by atoms with van der Waals surface area (Å²) in [5, 5.41) is 0. The predicted octanol–water partition coefficient (Wildman–Crippen LogP) is 2.44.